The van der Waals surface area contributed by atoms with Crippen LogP contribution in [0.15, 0.2) is 24.3 Å². The summed E-state index contributed by atoms with van der Waals surface area (Å²) in [6.45, 7) is 6.31. The molecule has 0 fully saturated rings. The van der Waals surface area contributed by atoms with Crippen LogP contribution >= 0.6 is 0 Å². The Balaban J connectivity index is 2.43. The summed E-state index contributed by atoms with van der Waals surface area (Å²) < 4.78 is 15.1. The van der Waals surface area contributed by atoms with Gasteiger partial charge in [-0.1, -0.05) is 6.07 Å². The third-order valence-corrected chi connectivity index (χ3v) is 2.89. The monoisotopic (exact) mass is 248 g/mol. The average molecular weight is 248 g/mol. The molecule has 1 N–H and O–H groups in total. The number of aromatic nitrogens is 2. The normalized spacial score (nSPS) is 12.7. The molecule has 0 amide bonds. The molecule has 0 aliphatic heterocycles. The number of aryl methyl sites for hydroxylation is 3. The highest BCUT2D eigenvalue weighted by Crippen LogP contribution is 2.24. The van der Waals surface area contributed by atoms with E-state index in [4.69, 9.17) is 0 Å². The molecule has 0 saturated heterocycles. The molecule has 0 radical (unpaired) electrons. The Hall–Kier alpha value is -1.68. The molecule has 2 aromatic rings. The minimum absolute atomic E-state index is 0.330. The lowest BCUT2D eigenvalue weighted by molar-refractivity contribution is 0.207. The maximum atomic E-state index is 13.4. The summed E-state index contributed by atoms with van der Waals surface area (Å²) in [6, 6.07) is 6.42. The predicted molar refractivity (Wildman–Crippen MR) is 67.8 cm³/mol. The number of halogens is 1. The number of aliphatic hydroxyl groups excluding tert-OH is 1. The van der Waals surface area contributed by atoms with E-state index in [2.05, 4.69) is 5.10 Å². The van der Waals surface area contributed by atoms with E-state index in [1.165, 1.54) is 12.1 Å². The van der Waals surface area contributed by atoms with Crippen molar-refractivity contribution in [3.05, 3.63) is 52.6 Å². The third-order valence-electron chi connectivity index (χ3n) is 2.89. The first-order valence-corrected chi connectivity index (χ1v) is 6.00. The van der Waals surface area contributed by atoms with Crippen molar-refractivity contribution < 1.29 is 9.50 Å². The minimum Gasteiger partial charge on any atom is -0.382 e. The van der Waals surface area contributed by atoms with Crippen LogP contribution < -0.4 is 0 Å². The van der Waals surface area contributed by atoms with E-state index >= 15 is 0 Å². The van der Waals surface area contributed by atoms with Crippen molar-refractivity contribution in [3.63, 3.8) is 0 Å². The fourth-order valence-corrected chi connectivity index (χ4v) is 2.13. The van der Waals surface area contributed by atoms with E-state index in [0.29, 0.717) is 17.8 Å². The Morgan fingerprint density at radius 1 is 1.28 bits per heavy atom. The Bertz CT molecular complexity index is 543. The second-order valence-corrected chi connectivity index (χ2v) is 4.49. The highest BCUT2D eigenvalue weighted by molar-refractivity contribution is 5.30. The summed E-state index contributed by atoms with van der Waals surface area (Å²) in [6.07, 6.45) is -0.847. The Kier molecular flexibility index (Phi) is 3.48. The van der Waals surface area contributed by atoms with Crippen LogP contribution in [0.5, 0.6) is 0 Å². The molecule has 1 unspecified atom stereocenters. The Labute approximate surface area is 106 Å². The van der Waals surface area contributed by atoms with Gasteiger partial charge < -0.3 is 5.11 Å². The average Bonchev–Trinajstić information content (AvgIpc) is 2.68. The fourth-order valence-electron chi connectivity index (χ4n) is 2.13. The van der Waals surface area contributed by atoms with E-state index < -0.39 is 6.10 Å². The summed E-state index contributed by atoms with van der Waals surface area (Å²) in [7, 11) is 0. The molecule has 3 nitrogen and oxygen atoms in total. The maximum Gasteiger partial charge on any atom is 0.123 e. The third kappa shape index (κ3) is 2.43. The molecule has 1 aromatic carbocycles. The smallest absolute Gasteiger partial charge is 0.123 e. The zero-order valence-electron chi connectivity index (χ0n) is 10.8. The van der Waals surface area contributed by atoms with Crippen LogP contribution in [0.2, 0.25) is 0 Å². The van der Waals surface area contributed by atoms with Crippen LogP contribution in [0, 0.1) is 19.7 Å². The lowest BCUT2D eigenvalue weighted by atomic mass is 10.0. The lowest BCUT2D eigenvalue weighted by Gasteiger charge is -2.13. The molecular weight excluding hydrogens is 231 g/mol. The zero-order valence-corrected chi connectivity index (χ0v) is 10.8. The summed E-state index contributed by atoms with van der Waals surface area (Å²) in [5, 5.41) is 14.6. The van der Waals surface area contributed by atoms with Crippen LogP contribution in [-0.4, -0.2) is 14.9 Å². The van der Waals surface area contributed by atoms with Gasteiger partial charge in [-0.05, 0) is 50.1 Å². The molecule has 18 heavy (non-hydrogen) atoms. The molecule has 1 atom stereocenters. The van der Waals surface area contributed by atoms with Gasteiger partial charge in [0.1, 0.15) is 11.9 Å². The van der Waals surface area contributed by atoms with E-state index in [1.807, 2.05) is 26.8 Å². The van der Waals surface area contributed by atoms with Gasteiger partial charge in [-0.2, -0.15) is 5.10 Å². The number of hydrogen-bond donors (Lipinski definition) is 1. The highest BCUT2D eigenvalue weighted by Gasteiger charge is 2.17. The lowest BCUT2D eigenvalue weighted by Crippen LogP contribution is -2.09. The summed E-state index contributed by atoms with van der Waals surface area (Å²) in [5.74, 6) is -0.330. The van der Waals surface area contributed by atoms with Gasteiger partial charge in [-0.15, -0.1) is 0 Å². The number of hydrogen-bond acceptors (Lipinski definition) is 2. The quantitative estimate of drug-likeness (QED) is 0.907. The standard InChI is InChI=1S/C14H17FN2O/c1-4-17-13(7-10(3)16-17)14(18)11-5-9(2)6-12(15)8-11/h5-8,14,18H,4H2,1-3H3. The van der Waals surface area contributed by atoms with Crippen LogP contribution in [0.1, 0.15) is 35.5 Å². The molecular formula is C14H17FN2O. The first-order valence-electron chi connectivity index (χ1n) is 6.00. The van der Waals surface area contributed by atoms with Crippen molar-refractivity contribution in [2.24, 2.45) is 0 Å². The molecule has 0 bridgehead atoms. The van der Waals surface area contributed by atoms with Gasteiger partial charge in [0, 0.05) is 6.54 Å². The van der Waals surface area contributed by atoms with Crippen LogP contribution in [0.25, 0.3) is 0 Å². The molecule has 96 valence electrons. The summed E-state index contributed by atoms with van der Waals surface area (Å²) in [4.78, 5) is 0. The minimum atomic E-state index is -0.847. The number of nitrogens with zero attached hydrogens (tertiary/aromatic N) is 2. The van der Waals surface area contributed by atoms with Crippen LogP contribution in [-0.2, 0) is 6.54 Å². The van der Waals surface area contributed by atoms with Crippen molar-refractivity contribution in [3.8, 4) is 0 Å². The second-order valence-electron chi connectivity index (χ2n) is 4.49. The van der Waals surface area contributed by atoms with Crippen molar-refractivity contribution in [1.82, 2.24) is 9.78 Å². The van der Waals surface area contributed by atoms with Gasteiger partial charge >= 0.3 is 0 Å². The molecule has 0 aliphatic carbocycles. The molecule has 1 aromatic heterocycles. The van der Waals surface area contributed by atoms with Gasteiger partial charge in [0.25, 0.3) is 0 Å². The topological polar surface area (TPSA) is 38.0 Å². The first kappa shape index (κ1) is 12.8. The Morgan fingerprint density at radius 3 is 2.61 bits per heavy atom. The van der Waals surface area contributed by atoms with E-state index in [-0.39, 0.29) is 5.82 Å². The van der Waals surface area contributed by atoms with Crippen LogP contribution in [0.3, 0.4) is 0 Å². The van der Waals surface area contributed by atoms with E-state index in [0.717, 1.165) is 11.3 Å². The van der Waals surface area contributed by atoms with Crippen molar-refractivity contribution in [1.29, 1.82) is 0 Å². The zero-order chi connectivity index (χ0) is 13.3. The van der Waals surface area contributed by atoms with Crippen molar-refractivity contribution in [2.45, 2.75) is 33.4 Å². The number of benzene rings is 1. The summed E-state index contributed by atoms with van der Waals surface area (Å²) in [5.41, 5.74) is 2.89. The van der Waals surface area contributed by atoms with E-state index in [1.54, 1.807) is 10.7 Å². The van der Waals surface area contributed by atoms with Gasteiger partial charge in [0.05, 0.1) is 11.4 Å². The second kappa shape index (κ2) is 4.90. The van der Waals surface area contributed by atoms with Crippen molar-refractivity contribution >= 4 is 0 Å². The molecule has 0 saturated carbocycles. The molecule has 4 heteroatoms. The summed E-state index contributed by atoms with van der Waals surface area (Å²) >= 11 is 0. The van der Waals surface area contributed by atoms with Crippen molar-refractivity contribution in [2.75, 3.05) is 0 Å². The van der Waals surface area contributed by atoms with Crippen LogP contribution in [0.4, 0.5) is 4.39 Å². The fraction of sp³-hybridized carbons (Fsp3) is 0.357. The molecule has 1 heterocycles. The maximum absolute atomic E-state index is 13.4. The predicted octanol–water partition coefficient (Wildman–Crippen LogP) is 2.74. The van der Waals surface area contributed by atoms with Gasteiger partial charge in [0.15, 0.2) is 0 Å². The van der Waals surface area contributed by atoms with Gasteiger partial charge in [-0.25, -0.2) is 4.39 Å². The highest BCUT2D eigenvalue weighted by atomic mass is 19.1. The SMILES string of the molecule is CCn1nc(C)cc1C(O)c1cc(C)cc(F)c1. The largest absolute Gasteiger partial charge is 0.382 e. The van der Waals surface area contributed by atoms with Gasteiger partial charge in [0.2, 0.25) is 0 Å². The number of aliphatic hydroxyl groups is 1. The Morgan fingerprint density at radius 2 is 2.00 bits per heavy atom. The number of rotatable bonds is 3. The van der Waals surface area contributed by atoms with E-state index in [9.17, 15) is 9.50 Å². The molecule has 2 rings (SSSR count). The first-order chi connectivity index (χ1) is 8.51. The van der Waals surface area contributed by atoms with Gasteiger partial charge in [-0.3, -0.25) is 4.68 Å². The molecule has 0 spiro atoms. The molecule has 0 aliphatic rings.